The number of ether oxygens (including phenoxy) is 1. The number of halogens is 5. The average molecular weight is 469 g/mol. The Hall–Kier alpha value is -1.53. The van der Waals surface area contributed by atoms with Crippen LogP contribution in [0.4, 0.5) is 22.0 Å². The van der Waals surface area contributed by atoms with E-state index in [9.17, 15) is 26.7 Å². The molecule has 7 unspecified atom stereocenters. The third-order valence-corrected chi connectivity index (χ3v) is 6.56. The second kappa shape index (κ2) is 10.6. The van der Waals surface area contributed by atoms with Crippen molar-refractivity contribution in [3.63, 3.8) is 0 Å². The summed E-state index contributed by atoms with van der Waals surface area (Å²) in [6.45, 7) is 2.14. The number of hydrazine groups is 1. The van der Waals surface area contributed by atoms with Crippen LogP contribution < -0.4 is 21.5 Å². The number of nitrogens with one attached hydrogen (secondary N) is 4. The number of aliphatic imine (C=N–C) groups is 1. The molecule has 0 spiro atoms. The fraction of sp³-hybridized carbons (Fsp3) is 0.900. The summed E-state index contributed by atoms with van der Waals surface area (Å²) >= 11 is 0. The van der Waals surface area contributed by atoms with E-state index in [-0.39, 0.29) is 56.1 Å². The van der Waals surface area contributed by atoms with E-state index in [2.05, 4.69) is 26.5 Å². The van der Waals surface area contributed by atoms with Crippen LogP contribution in [0.3, 0.4) is 0 Å². The predicted octanol–water partition coefficient (Wildman–Crippen LogP) is 2.34. The van der Waals surface area contributed by atoms with Crippen LogP contribution in [-0.2, 0) is 9.53 Å². The lowest BCUT2D eigenvalue weighted by Gasteiger charge is -2.33. The van der Waals surface area contributed by atoms with E-state index >= 15 is 0 Å². The lowest BCUT2D eigenvalue weighted by atomic mass is 9.78. The molecule has 1 amide bonds. The zero-order valence-electron chi connectivity index (χ0n) is 18.2. The van der Waals surface area contributed by atoms with Crippen molar-refractivity contribution >= 4 is 11.9 Å². The Kier molecular flexibility index (Phi) is 8.31. The van der Waals surface area contributed by atoms with Crippen LogP contribution in [0, 0.1) is 17.8 Å². The Morgan fingerprint density at radius 1 is 1.12 bits per heavy atom. The van der Waals surface area contributed by atoms with Crippen LogP contribution >= 0.6 is 0 Å². The molecular weight excluding hydrogens is 437 g/mol. The van der Waals surface area contributed by atoms with E-state index < -0.39 is 42.4 Å². The van der Waals surface area contributed by atoms with Crippen molar-refractivity contribution in [3.05, 3.63) is 0 Å². The minimum atomic E-state index is -4.23. The summed E-state index contributed by atoms with van der Waals surface area (Å²) in [6, 6.07) is -0.606. The van der Waals surface area contributed by atoms with Crippen molar-refractivity contribution in [3.8, 4) is 0 Å². The highest BCUT2D eigenvalue weighted by Gasteiger charge is 2.48. The van der Waals surface area contributed by atoms with Gasteiger partial charge < -0.3 is 10.1 Å². The standard InChI is InChI=1S/C20H32F5N5O2/c1-10(9-32-2)26-19(28-18(31)11-3-6-14(21)15(22)7-11)27-17-13-5-4-12(20(23,24)25)8-16(13)29-30-17/h10-17,29-30H,3-9H2,1-2H3,(H2,26,27,28,31)/t10-,11?,12?,13?,14?,15?,16?,17?/m0/s1. The monoisotopic (exact) mass is 469 g/mol. The van der Waals surface area contributed by atoms with Gasteiger partial charge in [-0.25, -0.2) is 19.2 Å². The summed E-state index contributed by atoms with van der Waals surface area (Å²) in [5, 5.41) is 5.72. The second-order valence-corrected chi connectivity index (χ2v) is 9.07. The maximum atomic E-state index is 13.7. The van der Waals surface area contributed by atoms with Crippen LogP contribution in [0.25, 0.3) is 0 Å². The number of hydrogen-bond acceptors (Lipinski definition) is 5. The lowest BCUT2D eigenvalue weighted by Crippen LogP contribution is -2.50. The van der Waals surface area contributed by atoms with Crippen molar-refractivity contribution in [2.75, 3.05) is 13.7 Å². The number of carbonyl (C=O) groups excluding carboxylic acids is 1. The maximum absolute atomic E-state index is 13.7. The molecule has 7 nitrogen and oxygen atoms in total. The Labute approximate surface area is 184 Å². The molecule has 2 saturated carbocycles. The van der Waals surface area contributed by atoms with E-state index in [1.165, 1.54) is 7.11 Å². The Morgan fingerprint density at radius 3 is 2.53 bits per heavy atom. The predicted molar refractivity (Wildman–Crippen MR) is 108 cm³/mol. The Bertz CT molecular complexity index is 679. The number of hydrogen-bond donors (Lipinski definition) is 4. The van der Waals surface area contributed by atoms with Crippen LogP contribution in [-0.4, -0.2) is 62.4 Å². The Balaban J connectivity index is 1.68. The first-order valence-electron chi connectivity index (χ1n) is 11.1. The number of amides is 1. The number of fused-ring (bicyclic) bond motifs is 1. The van der Waals surface area contributed by atoms with Gasteiger partial charge >= 0.3 is 6.18 Å². The van der Waals surface area contributed by atoms with E-state index in [0.29, 0.717) is 13.0 Å². The molecule has 0 aromatic heterocycles. The number of nitrogens with zero attached hydrogens (tertiary/aromatic N) is 1. The number of rotatable bonds is 5. The quantitative estimate of drug-likeness (QED) is 0.282. The van der Waals surface area contributed by atoms with Gasteiger partial charge in [-0.1, -0.05) is 0 Å². The van der Waals surface area contributed by atoms with Crippen molar-refractivity contribution in [2.45, 2.75) is 82.2 Å². The molecule has 12 heteroatoms. The van der Waals surface area contributed by atoms with E-state index in [1.807, 2.05) is 6.92 Å². The summed E-state index contributed by atoms with van der Waals surface area (Å²) in [4.78, 5) is 17.2. The highest BCUT2D eigenvalue weighted by molar-refractivity contribution is 5.98. The first-order chi connectivity index (χ1) is 15.1. The minimum Gasteiger partial charge on any atom is -0.383 e. The van der Waals surface area contributed by atoms with Gasteiger partial charge in [0, 0.05) is 31.0 Å². The van der Waals surface area contributed by atoms with Gasteiger partial charge in [-0.15, -0.1) is 0 Å². The van der Waals surface area contributed by atoms with Crippen molar-refractivity contribution in [2.24, 2.45) is 22.7 Å². The molecule has 0 bridgehead atoms. The first kappa shape index (κ1) is 25.1. The Morgan fingerprint density at radius 2 is 1.88 bits per heavy atom. The van der Waals surface area contributed by atoms with Crippen LogP contribution in [0.1, 0.15) is 45.4 Å². The molecule has 184 valence electrons. The summed E-state index contributed by atoms with van der Waals surface area (Å²) in [7, 11) is 1.52. The maximum Gasteiger partial charge on any atom is 0.391 e. The molecule has 4 N–H and O–H groups in total. The summed E-state index contributed by atoms with van der Waals surface area (Å²) in [6.07, 6.45) is -7.64. The van der Waals surface area contributed by atoms with Crippen LogP contribution in [0.5, 0.6) is 0 Å². The lowest BCUT2D eigenvalue weighted by molar-refractivity contribution is -0.185. The van der Waals surface area contributed by atoms with Gasteiger partial charge in [0.25, 0.3) is 0 Å². The molecule has 8 atom stereocenters. The van der Waals surface area contributed by atoms with Gasteiger partial charge in [0.05, 0.1) is 12.5 Å². The third kappa shape index (κ3) is 6.28. The molecule has 3 rings (SSSR count). The van der Waals surface area contributed by atoms with Gasteiger partial charge in [0.2, 0.25) is 5.91 Å². The second-order valence-electron chi connectivity index (χ2n) is 9.07. The molecule has 3 aliphatic rings. The molecule has 0 radical (unpaired) electrons. The molecule has 3 fully saturated rings. The average Bonchev–Trinajstić information content (AvgIpc) is 3.11. The summed E-state index contributed by atoms with van der Waals surface area (Å²) < 4.78 is 71.6. The molecular formula is C20H32F5N5O2. The van der Waals surface area contributed by atoms with E-state index in [1.54, 1.807) is 0 Å². The van der Waals surface area contributed by atoms with E-state index in [4.69, 9.17) is 4.74 Å². The van der Waals surface area contributed by atoms with Crippen LogP contribution in [0.15, 0.2) is 4.99 Å². The molecule has 1 heterocycles. The fourth-order valence-electron chi connectivity index (χ4n) is 4.77. The van der Waals surface area contributed by atoms with Gasteiger partial charge in [-0.05, 0) is 45.4 Å². The highest BCUT2D eigenvalue weighted by Crippen LogP contribution is 2.42. The molecule has 1 aliphatic heterocycles. The molecule has 1 saturated heterocycles. The van der Waals surface area contributed by atoms with Gasteiger partial charge in [0.15, 0.2) is 5.96 Å². The van der Waals surface area contributed by atoms with Gasteiger partial charge in [0.1, 0.15) is 18.5 Å². The van der Waals surface area contributed by atoms with E-state index in [0.717, 1.165) is 0 Å². The topological polar surface area (TPSA) is 86.8 Å². The third-order valence-electron chi connectivity index (χ3n) is 6.56. The summed E-state index contributed by atoms with van der Waals surface area (Å²) in [5.41, 5.74) is 5.84. The zero-order chi connectivity index (χ0) is 23.5. The molecule has 32 heavy (non-hydrogen) atoms. The summed E-state index contributed by atoms with van der Waals surface area (Å²) in [5.74, 6) is -2.52. The minimum absolute atomic E-state index is 0.0164. The molecule has 0 aromatic carbocycles. The first-order valence-corrected chi connectivity index (χ1v) is 11.1. The van der Waals surface area contributed by atoms with Crippen LogP contribution in [0.2, 0.25) is 0 Å². The van der Waals surface area contributed by atoms with Gasteiger partial charge in [-0.3, -0.25) is 15.5 Å². The smallest absolute Gasteiger partial charge is 0.383 e. The van der Waals surface area contributed by atoms with Crippen molar-refractivity contribution in [1.82, 2.24) is 21.5 Å². The van der Waals surface area contributed by atoms with Gasteiger partial charge in [-0.2, -0.15) is 13.2 Å². The number of guanidine groups is 1. The van der Waals surface area contributed by atoms with Crippen molar-refractivity contribution in [1.29, 1.82) is 0 Å². The number of methoxy groups -OCH3 is 1. The zero-order valence-corrected chi connectivity index (χ0v) is 18.2. The fourth-order valence-corrected chi connectivity index (χ4v) is 4.77. The largest absolute Gasteiger partial charge is 0.391 e. The SMILES string of the molecule is COC[C@H](C)N/C(=N\C1NNC2CC(C(F)(F)F)CCC21)NC(=O)C1CCC(F)C(F)C1. The molecule has 0 aromatic rings. The highest BCUT2D eigenvalue weighted by atomic mass is 19.4. The van der Waals surface area contributed by atoms with Crippen molar-refractivity contribution < 1.29 is 31.5 Å². The molecule has 2 aliphatic carbocycles. The number of carbonyl (C=O) groups is 1. The number of alkyl halides is 5. The normalized spacial score (nSPS) is 37.0.